The summed E-state index contributed by atoms with van der Waals surface area (Å²) in [4.78, 5) is 31.4. The maximum atomic E-state index is 12.1. The summed E-state index contributed by atoms with van der Waals surface area (Å²) in [6, 6.07) is 4.14. The lowest BCUT2D eigenvalue weighted by Crippen LogP contribution is -2.38. The summed E-state index contributed by atoms with van der Waals surface area (Å²) in [6.45, 7) is 13.6. The predicted molar refractivity (Wildman–Crippen MR) is 113 cm³/mol. The highest BCUT2D eigenvalue weighted by Gasteiger charge is 2.28. The van der Waals surface area contributed by atoms with Gasteiger partial charge in [0.1, 0.15) is 0 Å². The SMILES string of the molecule is C=C(C)C(=O)N1CCCCC1.C=C(C)C(=O)N1CCCCC1c1cccnc1. The number of hydrogen-bond acceptors (Lipinski definition) is 3. The van der Waals surface area contributed by atoms with Gasteiger partial charge in [0.25, 0.3) is 0 Å². The summed E-state index contributed by atoms with van der Waals surface area (Å²) in [6.07, 6.45) is 10.4. The molecule has 0 N–H and O–H groups in total. The van der Waals surface area contributed by atoms with Gasteiger partial charge in [0.2, 0.25) is 11.8 Å². The summed E-state index contributed by atoms with van der Waals surface area (Å²) >= 11 is 0. The molecule has 0 saturated carbocycles. The zero-order valence-electron chi connectivity index (χ0n) is 17.3. The van der Waals surface area contributed by atoms with E-state index in [-0.39, 0.29) is 17.9 Å². The summed E-state index contributed by atoms with van der Waals surface area (Å²) in [7, 11) is 0. The largest absolute Gasteiger partial charge is 0.339 e. The van der Waals surface area contributed by atoms with Gasteiger partial charge in [0.05, 0.1) is 6.04 Å². The van der Waals surface area contributed by atoms with Crippen LogP contribution in [-0.2, 0) is 9.59 Å². The molecule has 2 fully saturated rings. The molecule has 2 aliphatic rings. The van der Waals surface area contributed by atoms with Crippen molar-refractivity contribution in [1.82, 2.24) is 14.8 Å². The van der Waals surface area contributed by atoms with Crippen molar-refractivity contribution in [3.05, 3.63) is 54.4 Å². The van der Waals surface area contributed by atoms with Crippen LogP contribution in [0.15, 0.2) is 48.8 Å². The van der Waals surface area contributed by atoms with E-state index in [1.54, 1.807) is 20.0 Å². The maximum Gasteiger partial charge on any atom is 0.249 e. The Morgan fingerprint density at radius 2 is 1.61 bits per heavy atom. The highest BCUT2D eigenvalue weighted by molar-refractivity contribution is 5.92. The quantitative estimate of drug-likeness (QED) is 0.732. The Kier molecular flexibility index (Phi) is 8.42. The monoisotopic (exact) mass is 383 g/mol. The normalized spacial score (nSPS) is 19.3. The van der Waals surface area contributed by atoms with Gasteiger partial charge >= 0.3 is 0 Å². The third-order valence-corrected chi connectivity index (χ3v) is 5.21. The first-order valence-corrected chi connectivity index (χ1v) is 10.2. The minimum atomic E-state index is 0.0681. The molecule has 5 nitrogen and oxygen atoms in total. The maximum absolute atomic E-state index is 12.1. The van der Waals surface area contributed by atoms with Crippen molar-refractivity contribution in [3.8, 4) is 0 Å². The van der Waals surface area contributed by atoms with Crippen molar-refractivity contribution in [3.63, 3.8) is 0 Å². The van der Waals surface area contributed by atoms with Crippen molar-refractivity contribution in [2.45, 2.75) is 58.4 Å². The van der Waals surface area contributed by atoms with Gasteiger partial charge in [-0.05, 0) is 64.0 Å². The Morgan fingerprint density at radius 3 is 2.18 bits per heavy atom. The van der Waals surface area contributed by atoms with Gasteiger partial charge in [-0.1, -0.05) is 19.2 Å². The number of nitrogens with zero attached hydrogens (tertiary/aromatic N) is 3. The van der Waals surface area contributed by atoms with Crippen LogP contribution in [0.2, 0.25) is 0 Å². The zero-order valence-corrected chi connectivity index (χ0v) is 17.3. The first-order chi connectivity index (χ1) is 13.4. The molecular formula is C23H33N3O2. The fraction of sp³-hybridized carbons (Fsp3) is 0.522. The van der Waals surface area contributed by atoms with E-state index in [4.69, 9.17) is 0 Å². The highest BCUT2D eigenvalue weighted by Crippen LogP contribution is 2.31. The second-order valence-electron chi connectivity index (χ2n) is 7.71. The van der Waals surface area contributed by atoms with Crippen LogP contribution in [0.1, 0.15) is 64.0 Å². The number of carbonyl (C=O) groups excluding carboxylic acids is 2. The Hall–Kier alpha value is -2.43. The molecule has 0 aliphatic carbocycles. The van der Waals surface area contributed by atoms with Crippen LogP contribution < -0.4 is 0 Å². The lowest BCUT2D eigenvalue weighted by molar-refractivity contribution is -0.131. The van der Waals surface area contributed by atoms with Gasteiger partial charge in [0, 0.05) is 43.2 Å². The average molecular weight is 384 g/mol. The molecule has 1 aromatic rings. The van der Waals surface area contributed by atoms with Crippen LogP contribution in [0.25, 0.3) is 0 Å². The van der Waals surface area contributed by atoms with Gasteiger partial charge in [-0.25, -0.2) is 0 Å². The first-order valence-electron chi connectivity index (χ1n) is 10.2. The van der Waals surface area contributed by atoms with E-state index in [2.05, 4.69) is 18.1 Å². The van der Waals surface area contributed by atoms with E-state index in [9.17, 15) is 9.59 Å². The minimum Gasteiger partial charge on any atom is -0.339 e. The Labute approximate surface area is 169 Å². The van der Waals surface area contributed by atoms with E-state index in [1.807, 2.05) is 28.1 Å². The molecule has 1 atom stereocenters. The standard InChI is InChI=1S/C14H18N2O.C9H15NO/c1-11(2)14(17)16-9-4-3-7-13(16)12-6-5-8-15-10-12;1-8(2)9(11)10-6-4-3-5-7-10/h5-6,8,10,13H,1,3-4,7,9H2,2H3;1,3-7H2,2H3. The summed E-state index contributed by atoms with van der Waals surface area (Å²) in [5.74, 6) is 0.197. The van der Waals surface area contributed by atoms with Crippen molar-refractivity contribution < 1.29 is 9.59 Å². The molecule has 0 aromatic carbocycles. The molecule has 2 saturated heterocycles. The number of amides is 2. The number of rotatable bonds is 3. The molecule has 0 radical (unpaired) electrons. The van der Waals surface area contributed by atoms with Crippen LogP contribution in [0.3, 0.4) is 0 Å². The predicted octanol–water partition coefficient (Wildman–Crippen LogP) is 4.29. The second-order valence-corrected chi connectivity index (χ2v) is 7.71. The van der Waals surface area contributed by atoms with Gasteiger partial charge in [0.15, 0.2) is 0 Å². The molecule has 28 heavy (non-hydrogen) atoms. The fourth-order valence-electron chi connectivity index (χ4n) is 3.71. The third kappa shape index (κ3) is 6.04. The molecule has 152 valence electrons. The number of aromatic nitrogens is 1. The average Bonchev–Trinajstić information content (AvgIpc) is 2.74. The number of piperidine rings is 2. The highest BCUT2D eigenvalue weighted by atomic mass is 16.2. The smallest absolute Gasteiger partial charge is 0.249 e. The van der Waals surface area contributed by atoms with E-state index >= 15 is 0 Å². The van der Waals surface area contributed by atoms with E-state index in [0.29, 0.717) is 11.1 Å². The van der Waals surface area contributed by atoms with Gasteiger partial charge < -0.3 is 9.80 Å². The lowest BCUT2D eigenvalue weighted by Gasteiger charge is -2.36. The number of carbonyl (C=O) groups is 2. The number of hydrogen-bond donors (Lipinski definition) is 0. The van der Waals surface area contributed by atoms with Crippen molar-refractivity contribution in [2.75, 3.05) is 19.6 Å². The third-order valence-electron chi connectivity index (χ3n) is 5.21. The molecule has 0 bridgehead atoms. The van der Waals surface area contributed by atoms with Gasteiger partial charge in [-0.15, -0.1) is 0 Å². The molecule has 3 rings (SSSR count). The van der Waals surface area contributed by atoms with Crippen LogP contribution >= 0.6 is 0 Å². The Bertz CT molecular complexity index is 693. The topological polar surface area (TPSA) is 53.5 Å². The van der Waals surface area contributed by atoms with Crippen LogP contribution in [0.5, 0.6) is 0 Å². The van der Waals surface area contributed by atoms with E-state index in [1.165, 1.54) is 12.8 Å². The molecule has 0 spiro atoms. The number of likely N-dealkylation sites (tertiary alicyclic amines) is 2. The van der Waals surface area contributed by atoms with Crippen LogP contribution in [-0.4, -0.2) is 46.2 Å². The number of pyridine rings is 1. The Morgan fingerprint density at radius 1 is 0.964 bits per heavy atom. The van der Waals surface area contributed by atoms with Crippen LogP contribution in [0.4, 0.5) is 0 Å². The summed E-state index contributed by atoms with van der Waals surface area (Å²) in [5, 5.41) is 0. The van der Waals surface area contributed by atoms with E-state index < -0.39 is 0 Å². The van der Waals surface area contributed by atoms with Crippen molar-refractivity contribution in [1.29, 1.82) is 0 Å². The van der Waals surface area contributed by atoms with Gasteiger partial charge in [-0.2, -0.15) is 0 Å². The zero-order chi connectivity index (χ0) is 20.5. The molecule has 2 amide bonds. The van der Waals surface area contributed by atoms with Crippen LogP contribution in [0, 0.1) is 0 Å². The first kappa shape index (κ1) is 21.9. The molecule has 5 heteroatoms. The molecule has 3 heterocycles. The summed E-state index contributed by atoms with van der Waals surface area (Å²) < 4.78 is 0. The van der Waals surface area contributed by atoms with Crippen molar-refractivity contribution >= 4 is 11.8 Å². The molecule has 1 aromatic heterocycles. The van der Waals surface area contributed by atoms with E-state index in [0.717, 1.165) is 50.9 Å². The van der Waals surface area contributed by atoms with Crippen molar-refractivity contribution in [2.24, 2.45) is 0 Å². The fourth-order valence-corrected chi connectivity index (χ4v) is 3.71. The second kappa shape index (κ2) is 10.8. The molecule has 1 unspecified atom stereocenters. The minimum absolute atomic E-state index is 0.0681. The lowest BCUT2D eigenvalue weighted by atomic mass is 9.96. The molecular weight excluding hydrogens is 350 g/mol. The van der Waals surface area contributed by atoms with Gasteiger partial charge in [-0.3, -0.25) is 14.6 Å². The summed E-state index contributed by atoms with van der Waals surface area (Å²) in [5.41, 5.74) is 2.40. The Balaban J connectivity index is 0.000000221. The molecule has 2 aliphatic heterocycles.